The van der Waals surface area contributed by atoms with E-state index in [0.717, 1.165) is 22.6 Å². The lowest BCUT2D eigenvalue weighted by Crippen LogP contribution is -2.31. The highest BCUT2D eigenvalue weighted by Gasteiger charge is 2.12. The second-order valence-electron chi connectivity index (χ2n) is 5.02. The van der Waals surface area contributed by atoms with Gasteiger partial charge in [0.05, 0.1) is 0 Å². The van der Waals surface area contributed by atoms with Crippen LogP contribution in [0.4, 0.5) is 0 Å². The largest absolute Gasteiger partial charge is 0.302 e. The van der Waals surface area contributed by atoms with Crippen LogP contribution in [0.1, 0.15) is 18.4 Å². The molecule has 0 atom stereocenters. The number of nitrogens with zero attached hydrogens (tertiary/aromatic N) is 2. The van der Waals surface area contributed by atoms with Crippen LogP contribution in [0.25, 0.3) is 0 Å². The fraction of sp³-hybridized carbons (Fsp3) is 0.571. The van der Waals surface area contributed by atoms with E-state index < -0.39 is 0 Å². The van der Waals surface area contributed by atoms with Gasteiger partial charge in [-0.3, -0.25) is 0 Å². The Morgan fingerprint density at radius 2 is 2.06 bits per heavy atom. The van der Waals surface area contributed by atoms with Crippen LogP contribution in [-0.2, 0) is 6.54 Å². The molecule has 2 nitrogen and oxygen atoms in total. The van der Waals surface area contributed by atoms with Crippen LogP contribution in [0, 0.1) is 0 Å². The van der Waals surface area contributed by atoms with Gasteiger partial charge in [-0.15, -0.1) is 0 Å². The standard InChI is InChI=1S/C14H20BrClN2/c1-17(8-9-18-6-2-3-7-18)11-12-4-5-13(15)10-14(12)16/h4-5,10H,2-3,6-9,11H2,1H3. The Labute approximate surface area is 123 Å². The summed E-state index contributed by atoms with van der Waals surface area (Å²) in [6.07, 6.45) is 2.73. The maximum atomic E-state index is 6.23. The maximum Gasteiger partial charge on any atom is 0.0462 e. The van der Waals surface area contributed by atoms with E-state index in [4.69, 9.17) is 11.6 Å². The van der Waals surface area contributed by atoms with Gasteiger partial charge in [0.15, 0.2) is 0 Å². The molecule has 1 aliphatic rings. The van der Waals surface area contributed by atoms with Gasteiger partial charge in [-0.05, 0) is 50.7 Å². The van der Waals surface area contributed by atoms with E-state index in [2.05, 4.69) is 44.9 Å². The fourth-order valence-electron chi connectivity index (χ4n) is 2.34. The summed E-state index contributed by atoms with van der Waals surface area (Å²) < 4.78 is 1.04. The summed E-state index contributed by atoms with van der Waals surface area (Å²) in [5.41, 5.74) is 1.20. The van der Waals surface area contributed by atoms with Gasteiger partial charge in [0.2, 0.25) is 0 Å². The van der Waals surface area contributed by atoms with Gasteiger partial charge in [-0.2, -0.15) is 0 Å². The molecule has 0 spiro atoms. The van der Waals surface area contributed by atoms with Crippen molar-refractivity contribution in [1.29, 1.82) is 0 Å². The second kappa shape index (κ2) is 6.90. The first-order valence-corrected chi connectivity index (χ1v) is 7.67. The minimum atomic E-state index is 0.845. The lowest BCUT2D eigenvalue weighted by molar-refractivity contribution is 0.252. The molecule has 1 aromatic rings. The van der Waals surface area contributed by atoms with Gasteiger partial charge in [-0.25, -0.2) is 0 Å². The van der Waals surface area contributed by atoms with Crippen molar-refractivity contribution in [2.24, 2.45) is 0 Å². The average Bonchev–Trinajstić information content (AvgIpc) is 2.83. The molecule has 1 aromatic carbocycles. The van der Waals surface area contributed by atoms with Crippen molar-refractivity contribution in [3.63, 3.8) is 0 Å². The third-order valence-corrected chi connectivity index (χ3v) is 4.30. The number of likely N-dealkylation sites (tertiary alicyclic amines) is 1. The summed E-state index contributed by atoms with van der Waals surface area (Å²) in [4.78, 5) is 4.88. The van der Waals surface area contributed by atoms with E-state index in [9.17, 15) is 0 Å². The van der Waals surface area contributed by atoms with Gasteiger partial charge < -0.3 is 9.80 Å². The average molecular weight is 332 g/mol. The number of halogens is 2. The molecule has 0 amide bonds. The van der Waals surface area contributed by atoms with Crippen molar-refractivity contribution >= 4 is 27.5 Å². The first kappa shape index (κ1) is 14.3. The van der Waals surface area contributed by atoms with E-state index in [0.29, 0.717) is 0 Å². The summed E-state index contributed by atoms with van der Waals surface area (Å²) in [5.74, 6) is 0. The molecule has 0 aliphatic carbocycles. The van der Waals surface area contributed by atoms with E-state index in [-0.39, 0.29) is 0 Å². The molecule has 0 radical (unpaired) electrons. The highest BCUT2D eigenvalue weighted by molar-refractivity contribution is 9.10. The number of rotatable bonds is 5. The maximum absolute atomic E-state index is 6.23. The number of likely N-dealkylation sites (N-methyl/N-ethyl adjacent to an activating group) is 1. The summed E-state index contributed by atoms with van der Waals surface area (Å²) in [6, 6.07) is 6.11. The Kier molecular flexibility index (Phi) is 5.49. The predicted molar refractivity (Wildman–Crippen MR) is 81.2 cm³/mol. The molecule has 100 valence electrons. The van der Waals surface area contributed by atoms with Crippen molar-refractivity contribution in [2.45, 2.75) is 19.4 Å². The van der Waals surface area contributed by atoms with Crippen molar-refractivity contribution in [3.05, 3.63) is 33.3 Å². The van der Waals surface area contributed by atoms with E-state index >= 15 is 0 Å². The zero-order valence-electron chi connectivity index (χ0n) is 10.8. The Hall–Kier alpha value is -0.0900. The number of hydrogen-bond acceptors (Lipinski definition) is 2. The lowest BCUT2D eigenvalue weighted by atomic mass is 10.2. The molecule has 1 fully saturated rings. The van der Waals surface area contributed by atoms with Gasteiger partial charge in [0.1, 0.15) is 0 Å². The van der Waals surface area contributed by atoms with Crippen LogP contribution in [0.3, 0.4) is 0 Å². The highest BCUT2D eigenvalue weighted by Crippen LogP contribution is 2.22. The number of hydrogen-bond donors (Lipinski definition) is 0. The fourth-order valence-corrected chi connectivity index (χ4v) is 3.07. The summed E-state index contributed by atoms with van der Waals surface area (Å²) in [5, 5.41) is 0.845. The van der Waals surface area contributed by atoms with Crippen LogP contribution in [0.2, 0.25) is 5.02 Å². The summed E-state index contributed by atoms with van der Waals surface area (Å²) >= 11 is 9.67. The lowest BCUT2D eigenvalue weighted by Gasteiger charge is -2.21. The second-order valence-corrected chi connectivity index (χ2v) is 6.35. The minimum Gasteiger partial charge on any atom is -0.302 e. The molecule has 18 heavy (non-hydrogen) atoms. The van der Waals surface area contributed by atoms with Crippen molar-refractivity contribution in [2.75, 3.05) is 33.2 Å². The molecule has 4 heteroatoms. The molecule has 0 saturated carbocycles. The Balaban J connectivity index is 1.80. The highest BCUT2D eigenvalue weighted by atomic mass is 79.9. The number of benzene rings is 1. The molecule has 0 unspecified atom stereocenters. The molecular weight excluding hydrogens is 312 g/mol. The van der Waals surface area contributed by atoms with Gasteiger partial charge in [-0.1, -0.05) is 33.6 Å². The normalized spacial score (nSPS) is 16.7. The molecule has 2 rings (SSSR count). The molecule has 0 aromatic heterocycles. The van der Waals surface area contributed by atoms with Crippen LogP contribution < -0.4 is 0 Å². The van der Waals surface area contributed by atoms with E-state index in [1.807, 2.05) is 6.07 Å². The van der Waals surface area contributed by atoms with Gasteiger partial charge in [0.25, 0.3) is 0 Å². The molecule has 1 aliphatic heterocycles. The quantitative estimate of drug-likeness (QED) is 0.813. The van der Waals surface area contributed by atoms with Crippen LogP contribution in [0.5, 0.6) is 0 Å². The van der Waals surface area contributed by atoms with Crippen LogP contribution in [-0.4, -0.2) is 43.0 Å². The van der Waals surface area contributed by atoms with Crippen molar-refractivity contribution < 1.29 is 0 Å². The summed E-state index contributed by atoms with van der Waals surface area (Å²) in [7, 11) is 2.16. The van der Waals surface area contributed by atoms with Crippen molar-refractivity contribution in [3.8, 4) is 0 Å². The molecule has 0 bridgehead atoms. The topological polar surface area (TPSA) is 6.48 Å². The Bertz CT molecular complexity index is 391. The first-order valence-electron chi connectivity index (χ1n) is 6.50. The van der Waals surface area contributed by atoms with Crippen LogP contribution >= 0.6 is 27.5 Å². The molecule has 1 saturated heterocycles. The molecule has 0 N–H and O–H groups in total. The van der Waals surface area contributed by atoms with E-state index in [1.54, 1.807) is 0 Å². The third-order valence-electron chi connectivity index (χ3n) is 3.45. The van der Waals surface area contributed by atoms with Gasteiger partial charge >= 0.3 is 0 Å². The molecule has 1 heterocycles. The monoisotopic (exact) mass is 330 g/mol. The third kappa shape index (κ3) is 4.23. The summed E-state index contributed by atoms with van der Waals surface area (Å²) in [6.45, 7) is 5.73. The predicted octanol–water partition coefficient (Wildman–Crippen LogP) is 3.63. The molecular formula is C14H20BrClN2. The zero-order chi connectivity index (χ0) is 13.0. The van der Waals surface area contributed by atoms with E-state index in [1.165, 1.54) is 38.0 Å². The first-order chi connectivity index (χ1) is 8.65. The van der Waals surface area contributed by atoms with Crippen LogP contribution in [0.15, 0.2) is 22.7 Å². The zero-order valence-corrected chi connectivity index (χ0v) is 13.2. The van der Waals surface area contributed by atoms with Crippen molar-refractivity contribution in [1.82, 2.24) is 9.80 Å². The SMILES string of the molecule is CN(CCN1CCCC1)Cc1ccc(Br)cc1Cl. The van der Waals surface area contributed by atoms with Gasteiger partial charge in [0, 0.05) is 29.1 Å². The Morgan fingerprint density at radius 1 is 1.33 bits per heavy atom. The smallest absolute Gasteiger partial charge is 0.0462 e. The minimum absolute atomic E-state index is 0.845. The Morgan fingerprint density at radius 3 is 2.72 bits per heavy atom.